The number of hydrogen-bond acceptors (Lipinski definition) is 6. The maximum Gasteiger partial charge on any atom is 0.276 e. The van der Waals surface area contributed by atoms with Gasteiger partial charge in [-0.1, -0.05) is 32.0 Å². The number of amides is 2. The number of carbonyl (C=O) groups excluding carboxylic acids is 2. The molecule has 0 aliphatic rings. The first-order valence-electron chi connectivity index (χ1n) is 9.74. The maximum absolute atomic E-state index is 12.2. The molecule has 9 heteroatoms. The fraction of sp³-hybridized carbons (Fsp3) is 0.318. The molecule has 0 spiro atoms. The third-order valence-corrected chi connectivity index (χ3v) is 4.32. The van der Waals surface area contributed by atoms with Gasteiger partial charge in [-0.3, -0.25) is 25.8 Å². The van der Waals surface area contributed by atoms with E-state index in [1.807, 2.05) is 38.1 Å². The summed E-state index contributed by atoms with van der Waals surface area (Å²) in [4.78, 5) is 24.3. The second-order valence-electron chi connectivity index (χ2n) is 6.80. The molecule has 0 aliphatic carbocycles. The van der Waals surface area contributed by atoms with Gasteiger partial charge in [-0.15, -0.1) is 0 Å². The average molecular weight is 446 g/mol. The molecule has 0 saturated carbocycles. The van der Waals surface area contributed by atoms with E-state index in [0.717, 1.165) is 5.56 Å². The highest BCUT2D eigenvalue weighted by Gasteiger charge is 2.11. The molecule has 0 aromatic heterocycles. The van der Waals surface area contributed by atoms with Gasteiger partial charge >= 0.3 is 0 Å². The number of para-hydroxylation sites is 1. The Morgan fingerprint density at radius 3 is 2.35 bits per heavy atom. The molecule has 0 heterocycles. The molecule has 0 unspecified atom stereocenters. The molecule has 2 aromatic rings. The van der Waals surface area contributed by atoms with Crippen LogP contribution in [0, 0.1) is 0 Å². The second-order valence-corrected chi connectivity index (χ2v) is 7.21. The normalized spacial score (nSPS) is 10.3. The number of benzene rings is 2. The minimum absolute atomic E-state index is 0.0404. The summed E-state index contributed by atoms with van der Waals surface area (Å²) in [6.45, 7) is 4.80. The van der Waals surface area contributed by atoms with Crippen molar-refractivity contribution < 1.29 is 23.8 Å². The molecule has 0 radical (unpaired) electrons. The summed E-state index contributed by atoms with van der Waals surface area (Å²) in [7, 11) is 1.59. The van der Waals surface area contributed by atoms with Gasteiger partial charge < -0.3 is 14.2 Å². The Balaban J connectivity index is 1.74. The van der Waals surface area contributed by atoms with Crippen LogP contribution in [0.5, 0.6) is 11.5 Å². The van der Waals surface area contributed by atoms with Crippen LogP contribution in [0.2, 0.25) is 0 Å². The Bertz CT molecular complexity index is 887. The number of carbonyl (C=O) groups is 2. The molecule has 2 rings (SSSR count). The van der Waals surface area contributed by atoms with Crippen LogP contribution in [-0.4, -0.2) is 43.9 Å². The number of hydrazine groups is 1. The number of nitrogens with one attached hydrogen (secondary N) is 3. The van der Waals surface area contributed by atoms with Crippen LogP contribution < -0.4 is 25.6 Å². The van der Waals surface area contributed by atoms with Crippen molar-refractivity contribution in [2.75, 3.05) is 26.9 Å². The summed E-state index contributed by atoms with van der Waals surface area (Å²) in [5.74, 6) is 0.690. The van der Waals surface area contributed by atoms with Crippen molar-refractivity contribution in [2.24, 2.45) is 0 Å². The van der Waals surface area contributed by atoms with Crippen molar-refractivity contribution in [2.45, 2.75) is 19.8 Å². The molecule has 0 fully saturated rings. The van der Waals surface area contributed by atoms with Crippen LogP contribution in [0.15, 0.2) is 48.5 Å². The summed E-state index contributed by atoms with van der Waals surface area (Å²) >= 11 is 5.04. The zero-order valence-electron chi connectivity index (χ0n) is 17.8. The standard InChI is InChI=1S/C22H27N3O5S/c1-15(2)18-6-4-5-7-19(18)30-14-20(26)24-25-22(31)23-21(27)16-8-10-17(11-9-16)29-13-12-28-3/h4-11,15H,12-14H2,1-3H3,(H,24,26)(H2,23,25,27,31). The topological polar surface area (TPSA) is 97.9 Å². The fourth-order valence-corrected chi connectivity index (χ4v) is 2.69. The van der Waals surface area contributed by atoms with Gasteiger partial charge in [-0.05, 0) is 54.0 Å². The van der Waals surface area contributed by atoms with Gasteiger partial charge in [0, 0.05) is 12.7 Å². The second kappa shape index (κ2) is 12.5. The third-order valence-electron chi connectivity index (χ3n) is 4.11. The van der Waals surface area contributed by atoms with Crippen molar-refractivity contribution in [3.63, 3.8) is 0 Å². The summed E-state index contributed by atoms with van der Waals surface area (Å²) in [5, 5.41) is 2.45. The van der Waals surface area contributed by atoms with E-state index in [2.05, 4.69) is 16.2 Å². The number of methoxy groups -OCH3 is 1. The largest absolute Gasteiger partial charge is 0.491 e. The van der Waals surface area contributed by atoms with Gasteiger partial charge in [-0.25, -0.2) is 0 Å². The molecular formula is C22H27N3O5S. The molecule has 31 heavy (non-hydrogen) atoms. The van der Waals surface area contributed by atoms with Crippen LogP contribution >= 0.6 is 12.2 Å². The van der Waals surface area contributed by atoms with E-state index in [4.69, 9.17) is 26.4 Å². The lowest BCUT2D eigenvalue weighted by Crippen LogP contribution is -2.49. The smallest absolute Gasteiger partial charge is 0.276 e. The highest BCUT2D eigenvalue weighted by molar-refractivity contribution is 7.80. The summed E-state index contributed by atoms with van der Waals surface area (Å²) in [6, 6.07) is 14.1. The number of hydrogen-bond donors (Lipinski definition) is 3. The fourth-order valence-electron chi connectivity index (χ4n) is 2.55. The lowest BCUT2D eigenvalue weighted by molar-refractivity contribution is -0.123. The average Bonchev–Trinajstić information content (AvgIpc) is 2.77. The predicted molar refractivity (Wildman–Crippen MR) is 121 cm³/mol. The maximum atomic E-state index is 12.2. The first-order chi connectivity index (χ1) is 14.9. The molecule has 0 atom stereocenters. The minimum Gasteiger partial charge on any atom is -0.491 e. The molecule has 0 bridgehead atoms. The molecule has 0 aliphatic heterocycles. The van der Waals surface area contributed by atoms with Gasteiger partial charge in [0.05, 0.1) is 6.61 Å². The number of thiocarbonyl (C=S) groups is 1. The van der Waals surface area contributed by atoms with Crippen molar-refractivity contribution in [1.29, 1.82) is 0 Å². The Morgan fingerprint density at radius 1 is 0.968 bits per heavy atom. The van der Waals surface area contributed by atoms with E-state index >= 15 is 0 Å². The quantitative estimate of drug-likeness (QED) is 0.310. The zero-order valence-corrected chi connectivity index (χ0v) is 18.6. The van der Waals surface area contributed by atoms with Crippen LogP contribution in [0.3, 0.4) is 0 Å². The summed E-state index contributed by atoms with van der Waals surface area (Å²) < 4.78 is 15.9. The van der Waals surface area contributed by atoms with E-state index in [-0.39, 0.29) is 17.6 Å². The number of rotatable bonds is 9. The zero-order chi connectivity index (χ0) is 22.6. The Kier molecular flexibility index (Phi) is 9.73. The number of ether oxygens (including phenoxy) is 3. The molecule has 0 saturated heterocycles. The molecular weight excluding hydrogens is 418 g/mol. The van der Waals surface area contributed by atoms with Crippen molar-refractivity contribution >= 4 is 29.1 Å². The van der Waals surface area contributed by atoms with Crippen molar-refractivity contribution in [3.8, 4) is 11.5 Å². The van der Waals surface area contributed by atoms with E-state index < -0.39 is 11.8 Å². The molecule has 2 aromatic carbocycles. The van der Waals surface area contributed by atoms with Gasteiger partial charge in [0.1, 0.15) is 18.1 Å². The first kappa shape index (κ1) is 24.1. The van der Waals surface area contributed by atoms with Crippen LogP contribution in [0.4, 0.5) is 0 Å². The lowest BCUT2D eigenvalue weighted by atomic mass is 10.0. The van der Waals surface area contributed by atoms with Crippen LogP contribution in [-0.2, 0) is 9.53 Å². The van der Waals surface area contributed by atoms with Crippen LogP contribution in [0.1, 0.15) is 35.7 Å². The lowest BCUT2D eigenvalue weighted by Gasteiger charge is -2.14. The van der Waals surface area contributed by atoms with E-state index in [9.17, 15) is 9.59 Å². The molecule has 2 amide bonds. The third kappa shape index (κ3) is 8.23. The van der Waals surface area contributed by atoms with E-state index in [0.29, 0.717) is 30.3 Å². The first-order valence-corrected chi connectivity index (χ1v) is 10.1. The molecule has 166 valence electrons. The monoisotopic (exact) mass is 445 g/mol. The van der Waals surface area contributed by atoms with E-state index in [1.54, 1.807) is 31.4 Å². The summed E-state index contributed by atoms with van der Waals surface area (Å²) in [6.07, 6.45) is 0. The summed E-state index contributed by atoms with van der Waals surface area (Å²) in [5.41, 5.74) is 6.28. The minimum atomic E-state index is -0.437. The van der Waals surface area contributed by atoms with Crippen molar-refractivity contribution in [1.82, 2.24) is 16.2 Å². The van der Waals surface area contributed by atoms with Gasteiger partial charge in [-0.2, -0.15) is 0 Å². The van der Waals surface area contributed by atoms with Gasteiger partial charge in [0.15, 0.2) is 11.7 Å². The van der Waals surface area contributed by atoms with Gasteiger partial charge in [0.25, 0.3) is 11.8 Å². The van der Waals surface area contributed by atoms with Gasteiger partial charge in [0.2, 0.25) is 0 Å². The highest BCUT2D eigenvalue weighted by atomic mass is 32.1. The SMILES string of the molecule is COCCOc1ccc(C(=O)NC(=S)NNC(=O)COc2ccccc2C(C)C)cc1. The molecule has 3 N–H and O–H groups in total. The Hall–Kier alpha value is -3.17. The molecule has 8 nitrogen and oxygen atoms in total. The Labute approximate surface area is 187 Å². The Morgan fingerprint density at radius 2 is 1.68 bits per heavy atom. The van der Waals surface area contributed by atoms with Crippen molar-refractivity contribution in [3.05, 3.63) is 59.7 Å². The van der Waals surface area contributed by atoms with Crippen LogP contribution in [0.25, 0.3) is 0 Å². The predicted octanol–water partition coefficient (Wildman–Crippen LogP) is 2.55. The highest BCUT2D eigenvalue weighted by Crippen LogP contribution is 2.25. The van der Waals surface area contributed by atoms with E-state index in [1.165, 1.54) is 0 Å².